The van der Waals surface area contributed by atoms with Gasteiger partial charge in [-0.2, -0.15) is 0 Å². The first-order chi connectivity index (χ1) is 9.47. The molecule has 2 aromatic rings. The summed E-state index contributed by atoms with van der Waals surface area (Å²) >= 11 is 0. The zero-order valence-corrected chi connectivity index (χ0v) is 10.8. The molecular formula is C16H13FO3. The van der Waals surface area contributed by atoms with Crippen molar-refractivity contribution in [1.29, 1.82) is 0 Å². The Morgan fingerprint density at radius 2 is 1.80 bits per heavy atom. The van der Waals surface area contributed by atoms with Gasteiger partial charge in [0.2, 0.25) is 0 Å². The Morgan fingerprint density at radius 3 is 2.35 bits per heavy atom. The third kappa shape index (κ3) is 3.03. The largest absolute Gasteiger partial charge is 0.508 e. The molecule has 4 heteroatoms. The molecule has 0 saturated heterocycles. The van der Waals surface area contributed by atoms with Crippen LogP contribution in [-0.4, -0.2) is 16.2 Å². The summed E-state index contributed by atoms with van der Waals surface area (Å²) in [4.78, 5) is 11.3. The number of carbonyl (C=O) groups is 1. The van der Waals surface area contributed by atoms with E-state index < -0.39 is 5.97 Å². The van der Waals surface area contributed by atoms with Gasteiger partial charge in [0.1, 0.15) is 11.6 Å². The highest BCUT2D eigenvalue weighted by Gasteiger charge is 2.10. The second-order valence-electron chi connectivity index (χ2n) is 4.42. The summed E-state index contributed by atoms with van der Waals surface area (Å²) in [5, 5.41) is 18.5. The molecule has 2 N–H and O–H groups in total. The fourth-order valence-electron chi connectivity index (χ4n) is 1.83. The highest BCUT2D eigenvalue weighted by molar-refractivity contribution is 6.20. The van der Waals surface area contributed by atoms with Crippen LogP contribution in [0.1, 0.15) is 16.7 Å². The molecule has 0 aliphatic rings. The van der Waals surface area contributed by atoms with Gasteiger partial charge in [-0.05, 0) is 54.0 Å². The topological polar surface area (TPSA) is 57.5 Å². The van der Waals surface area contributed by atoms with Crippen LogP contribution >= 0.6 is 0 Å². The van der Waals surface area contributed by atoms with Crippen LogP contribution in [0.2, 0.25) is 0 Å². The number of halogens is 1. The summed E-state index contributed by atoms with van der Waals surface area (Å²) in [5.74, 6) is -1.35. The summed E-state index contributed by atoms with van der Waals surface area (Å²) in [6.07, 6.45) is 1.47. The quantitative estimate of drug-likeness (QED) is 0.664. The minimum atomic E-state index is -1.09. The van der Waals surface area contributed by atoms with E-state index in [-0.39, 0.29) is 17.1 Å². The number of aromatic hydroxyl groups is 1. The Hall–Kier alpha value is -2.62. The number of hydrogen-bond donors (Lipinski definition) is 2. The lowest BCUT2D eigenvalue weighted by Crippen LogP contribution is -1.99. The Balaban J connectivity index is 2.47. The Bertz CT molecular complexity index is 673. The summed E-state index contributed by atoms with van der Waals surface area (Å²) in [5.41, 5.74) is 1.61. The number of carboxylic acid groups (broad SMARTS) is 1. The van der Waals surface area contributed by atoms with Gasteiger partial charge in [0.15, 0.2) is 0 Å². The summed E-state index contributed by atoms with van der Waals surface area (Å²) in [6, 6.07) is 10.3. The average Bonchev–Trinajstić information content (AvgIpc) is 2.41. The van der Waals surface area contributed by atoms with Crippen molar-refractivity contribution in [3.05, 3.63) is 65.0 Å². The molecule has 0 aliphatic carbocycles. The van der Waals surface area contributed by atoms with Gasteiger partial charge in [-0.25, -0.2) is 9.18 Å². The van der Waals surface area contributed by atoms with Crippen LogP contribution in [-0.2, 0) is 4.79 Å². The summed E-state index contributed by atoms with van der Waals surface area (Å²) < 4.78 is 13.2. The Morgan fingerprint density at radius 1 is 1.15 bits per heavy atom. The second-order valence-corrected chi connectivity index (χ2v) is 4.42. The number of benzene rings is 2. The second kappa shape index (κ2) is 5.57. The first kappa shape index (κ1) is 13.8. The third-order valence-electron chi connectivity index (χ3n) is 2.90. The molecule has 0 heterocycles. The number of rotatable bonds is 3. The molecule has 0 aromatic heterocycles. The van der Waals surface area contributed by atoms with Gasteiger partial charge in [-0.1, -0.05) is 18.2 Å². The number of aliphatic carboxylic acids is 1. The minimum Gasteiger partial charge on any atom is -0.508 e. The predicted octanol–water partition coefficient (Wildman–Crippen LogP) is 3.46. The van der Waals surface area contributed by atoms with E-state index in [1.54, 1.807) is 13.0 Å². The van der Waals surface area contributed by atoms with E-state index in [1.165, 1.54) is 42.5 Å². The Labute approximate surface area is 115 Å². The molecule has 20 heavy (non-hydrogen) atoms. The molecule has 0 unspecified atom stereocenters. The maximum Gasteiger partial charge on any atom is 0.336 e. The van der Waals surface area contributed by atoms with Crippen molar-refractivity contribution in [2.24, 2.45) is 0 Å². The van der Waals surface area contributed by atoms with Crippen molar-refractivity contribution < 1.29 is 19.4 Å². The average molecular weight is 272 g/mol. The molecule has 0 radical (unpaired) electrons. The lowest BCUT2D eigenvalue weighted by Gasteiger charge is -2.04. The monoisotopic (exact) mass is 272 g/mol. The molecule has 0 fully saturated rings. The molecule has 0 saturated carbocycles. The molecule has 2 rings (SSSR count). The van der Waals surface area contributed by atoms with Crippen LogP contribution in [0.4, 0.5) is 4.39 Å². The van der Waals surface area contributed by atoms with Crippen molar-refractivity contribution in [3.8, 4) is 5.75 Å². The molecule has 0 atom stereocenters. The van der Waals surface area contributed by atoms with E-state index in [0.717, 1.165) is 0 Å². The first-order valence-corrected chi connectivity index (χ1v) is 5.98. The van der Waals surface area contributed by atoms with Gasteiger partial charge in [0.05, 0.1) is 5.57 Å². The lowest BCUT2D eigenvalue weighted by molar-refractivity contribution is -0.130. The van der Waals surface area contributed by atoms with Crippen LogP contribution in [0.25, 0.3) is 11.6 Å². The number of hydrogen-bond acceptors (Lipinski definition) is 2. The van der Waals surface area contributed by atoms with Gasteiger partial charge in [-0.15, -0.1) is 0 Å². The van der Waals surface area contributed by atoms with E-state index in [1.807, 2.05) is 0 Å². The Kier molecular flexibility index (Phi) is 3.84. The molecule has 0 spiro atoms. The van der Waals surface area contributed by atoms with Crippen LogP contribution in [0.15, 0.2) is 42.5 Å². The standard InChI is InChI=1S/C16H13FO3/c1-10-8-11(2-7-15(10)17)9-14(16(19)20)12-3-5-13(18)6-4-12/h2-9,18H,1H3,(H,19,20)/b14-9-. The van der Waals surface area contributed by atoms with Crippen molar-refractivity contribution >= 4 is 17.6 Å². The van der Waals surface area contributed by atoms with Crippen molar-refractivity contribution in [2.45, 2.75) is 6.92 Å². The smallest absolute Gasteiger partial charge is 0.336 e. The van der Waals surface area contributed by atoms with E-state index >= 15 is 0 Å². The molecule has 0 aliphatic heterocycles. The highest BCUT2D eigenvalue weighted by Crippen LogP contribution is 2.22. The predicted molar refractivity (Wildman–Crippen MR) is 74.8 cm³/mol. The van der Waals surface area contributed by atoms with Gasteiger partial charge in [0.25, 0.3) is 0 Å². The van der Waals surface area contributed by atoms with Gasteiger partial charge in [-0.3, -0.25) is 0 Å². The van der Waals surface area contributed by atoms with Crippen molar-refractivity contribution in [2.75, 3.05) is 0 Å². The number of aryl methyl sites for hydroxylation is 1. The van der Waals surface area contributed by atoms with Crippen molar-refractivity contribution in [1.82, 2.24) is 0 Å². The maximum atomic E-state index is 13.2. The third-order valence-corrected chi connectivity index (χ3v) is 2.90. The molecular weight excluding hydrogens is 259 g/mol. The fraction of sp³-hybridized carbons (Fsp3) is 0.0625. The van der Waals surface area contributed by atoms with E-state index in [4.69, 9.17) is 0 Å². The molecule has 0 amide bonds. The van der Waals surface area contributed by atoms with E-state index in [9.17, 15) is 19.4 Å². The lowest BCUT2D eigenvalue weighted by atomic mass is 10.0. The van der Waals surface area contributed by atoms with Gasteiger partial charge in [0, 0.05) is 0 Å². The summed E-state index contributed by atoms with van der Waals surface area (Å²) in [7, 11) is 0. The first-order valence-electron chi connectivity index (χ1n) is 5.98. The van der Waals surface area contributed by atoms with Gasteiger partial charge < -0.3 is 10.2 Å². The number of carboxylic acids is 1. The van der Waals surface area contributed by atoms with Crippen LogP contribution in [0.3, 0.4) is 0 Å². The highest BCUT2D eigenvalue weighted by atomic mass is 19.1. The molecule has 3 nitrogen and oxygen atoms in total. The normalized spacial score (nSPS) is 11.4. The van der Waals surface area contributed by atoms with E-state index in [0.29, 0.717) is 16.7 Å². The number of phenolic OH excluding ortho intramolecular Hbond substituents is 1. The molecule has 0 bridgehead atoms. The van der Waals surface area contributed by atoms with E-state index in [2.05, 4.69) is 0 Å². The maximum absolute atomic E-state index is 13.2. The fourth-order valence-corrected chi connectivity index (χ4v) is 1.83. The van der Waals surface area contributed by atoms with Crippen molar-refractivity contribution in [3.63, 3.8) is 0 Å². The molecule has 2 aromatic carbocycles. The zero-order chi connectivity index (χ0) is 14.7. The number of phenols is 1. The van der Waals surface area contributed by atoms with Crippen LogP contribution in [0, 0.1) is 12.7 Å². The molecule has 102 valence electrons. The van der Waals surface area contributed by atoms with Crippen LogP contribution in [0.5, 0.6) is 5.75 Å². The SMILES string of the molecule is Cc1cc(/C=C(\C(=O)O)c2ccc(O)cc2)ccc1F. The van der Waals surface area contributed by atoms with Gasteiger partial charge >= 0.3 is 5.97 Å². The minimum absolute atomic E-state index is 0.0658. The van der Waals surface area contributed by atoms with Crippen LogP contribution < -0.4 is 0 Å². The zero-order valence-electron chi connectivity index (χ0n) is 10.8. The summed E-state index contributed by atoms with van der Waals surface area (Å²) in [6.45, 7) is 1.62.